The molecule has 3 heterocycles. The minimum atomic E-state index is -0.631. The maximum atomic E-state index is 11.5. The summed E-state index contributed by atoms with van der Waals surface area (Å²) in [6.07, 6.45) is 1.48. The van der Waals surface area contributed by atoms with E-state index in [-0.39, 0.29) is 5.91 Å². The average Bonchev–Trinajstić information content (AvgIpc) is 2.82. The number of fused-ring (bicyclic) bond motifs is 1. The molecule has 1 amide bonds. The first-order valence-electron chi connectivity index (χ1n) is 7.37. The summed E-state index contributed by atoms with van der Waals surface area (Å²) in [5.74, 6) is 1.21. The van der Waals surface area contributed by atoms with Crippen LogP contribution < -0.4 is 4.90 Å². The molecule has 0 unspecified atom stereocenters. The van der Waals surface area contributed by atoms with Gasteiger partial charge in [-0.25, -0.2) is 9.97 Å². The average molecular weight is 305 g/mol. The van der Waals surface area contributed by atoms with Gasteiger partial charge in [-0.1, -0.05) is 6.92 Å². The number of aliphatic hydroxyl groups excluding tert-OH is 1. The molecular formula is C14H19N5O3. The number of hydrogen-bond acceptors (Lipinski definition) is 7. The molecule has 0 saturated carbocycles. The molecule has 0 aromatic carbocycles. The fourth-order valence-corrected chi connectivity index (χ4v) is 2.64. The highest BCUT2D eigenvalue weighted by molar-refractivity contribution is 5.81. The molecule has 2 aromatic heterocycles. The lowest BCUT2D eigenvalue weighted by molar-refractivity contribution is -0.129. The summed E-state index contributed by atoms with van der Waals surface area (Å²) in [5.41, 5.74) is 1.05. The highest BCUT2D eigenvalue weighted by atomic mass is 16.4. The van der Waals surface area contributed by atoms with Crippen molar-refractivity contribution in [3.63, 3.8) is 0 Å². The van der Waals surface area contributed by atoms with Gasteiger partial charge in [-0.05, 0) is 0 Å². The molecule has 22 heavy (non-hydrogen) atoms. The maximum absolute atomic E-state index is 11.5. The quantitative estimate of drug-likeness (QED) is 0.847. The van der Waals surface area contributed by atoms with Gasteiger partial charge in [-0.2, -0.15) is 4.98 Å². The number of carbonyl (C=O) groups is 1. The number of amides is 1. The highest BCUT2D eigenvalue weighted by Gasteiger charge is 2.25. The van der Waals surface area contributed by atoms with E-state index in [9.17, 15) is 9.90 Å². The van der Waals surface area contributed by atoms with Gasteiger partial charge in [0.05, 0.1) is 6.10 Å². The van der Waals surface area contributed by atoms with Crippen molar-refractivity contribution >= 4 is 23.0 Å². The summed E-state index contributed by atoms with van der Waals surface area (Å²) in [7, 11) is 0. The summed E-state index contributed by atoms with van der Waals surface area (Å²) >= 11 is 0. The first-order chi connectivity index (χ1) is 10.6. The predicted octanol–water partition coefficient (Wildman–Crippen LogP) is 0.210. The minimum Gasteiger partial charge on any atom is -0.422 e. The predicted molar refractivity (Wildman–Crippen MR) is 79.5 cm³/mol. The number of aliphatic hydroxyl groups is 1. The molecule has 0 aliphatic carbocycles. The summed E-state index contributed by atoms with van der Waals surface area (Å²) in [5, 5.41) is 10.1. The Bertz CT molecular complexity index is 686. The monoisotopic (exact) mass is 305 g/mol. The number of rotatable bonds is 2. The number of carbonyl (C=O) groups excluding carboxylic acids is 1. The van der Waals surface area contributed by atoms with E-state index in [2.05, 4.69) is 15.0 Å². The Hall–Kier alpha value is -2.22. The van der Waals surface area contributed by atoms with Crippen LogP contribution in [0.15, 0.2) is 10.7 Å². The van der Waals surface area contributed by atoms with E-state index in [1.54, 1.807) is 4.90 Å². The van der Waals surface area contributed by atoms with Gasteiger partial charge < -0.3 is 19.3 Å². The lowest BCUT2D eigenvalue weighted by Gasteiger charge is -2.22. The lowest BCUT2D eigenvalue weighted by atomic mass is 10.3. The van der Waals surface area contributed by atoms with Crippen LogP contribution in [0.4, 0.5) is 5.82 Å². The fourth-order valence-electron chi connectivity index (χ4n) is 2.64. The Morgan fingerprint density at radius 1 is 1.41 bits per heavy atom. The standard InChI is InChI=1S/C14H19N5O3/c1-3-11-17-12-13(15-8-16-14(12)22-11)19-5-4-18(9(2)20)6-10(21)7-19/h8,10,21H,3-7H2,1-2H3/t10-/m1/s1. The molecule has 8 nitrogen and oxygen atoms in total. The SMILES string of the molecule is CCc1nc2c(N3CCN(C(C)=O)C[C@@H](O)C3)ncnc2o1. The molecule has 1 aliphatic rings. The van der Waals surface area contributed by atoms with Crippen molar-refractivity contribution in [3.8, 4) is 0 Å². The van der Waals surface area contributed by atoms with Crippen LogP contribution in [0.1, 0.15) is 19.7 Å². The Balaban J connectivity index is 1.93. The number of anilines is 1. The number of aryl methyl sites for hydroxylation is 1. The van der Waals surface area contributed by atoms with Crippen molar-refractivity contribution in [2.45, 2.75) is 26.4 Å². The second-order valence-electron chi connectivity index (χ2n) is 5.38. The molecule has 1 aliphatic heterocycles. The third-order valence-corrected chi connectivity index (χ3v) is 3.77. The largest absolute Gasteiger partial charge is 0.422 e. The molecule has 1 N–H and O–H groups in total. The number of β-amino-alcohol motifs (C(OH)–C–C–N with tert-alkyl or cyclic N) is 1. The number of oxazole rings is 1. The van der Waals surface area contributed by atoms with E-state index in [1.165, 1.54) is 13.3 Å². The molecule has 0 spiro atoms. The Morgan fingerprint density at radius 3 is 2.95 bits per heavy atom. The van der Waals surface area contributed by atoms with Crippen LogP contribution >= 0.6 is 0 Å². The zero-order valence-electron chi connectivity index (χ0n) is 12.7. The zero-order valence-corrected chi connectivity index (χ0v) is 12.7. The van der Waals surface area contributed by atoms with Gasteiger partial charge in [0, 0.05) is 39.5 Å². The van der Waals surface area contributed by atoms with Crippen LogP contribution in [0.3, 0.4) is 0 Å². The Kier molecular flexibility index (Phi) is 3.93. The fraction of sp³-hybridized carbons (Fsp3) is 0.571. The van der Waals surface area contributed by atoms with Crippen molar-refractivity contribution in [3.05, 3.63) is 12.2 Å². The van der Waals surface area contributed by atoms with Crippen LogP contribution in [-0.2, 0) is 11.2 Å². The smallest absolute Gasteiger partial charge is 0.252 e. The van der Waals surface area contributed by atoms with Crippen LogP contribution in [0, 0.1) is 0 Å². The number of aromatic nitrogens is 3. The molecule has 0 radical (unpaired) electrons. The lowest BCUT2D eigenvalue weighted by Crippen LogP contribution is -2.36. The van der Waals surface area contributed by atoms with E-state index in [1.807, 2.05) is 11.8 Å². The van der Waals surface area contributed by atoms with Crippen molar-refractivity contribution in [2.24, 2.45) is 0 Å². The summed E-state index contributed by atoms with van der Waals surface area (Å²) in [6.45, 7) is 5.31. The van der Waals surface area contributed by atoms with Crippen LogP contribution in [0.5, 0.6) is 0 Å². The van der Waals surface area contributed by atoms with E-state index in [4.69, 9.17) is 4.42 Å². The van der Waals surface area contributed by atoms with E-state index in [0.29, 0.717) is 55.5 Å². The van der Waals surface area contributed by atoms with Crippen molar-refractivity contribution in [1.29, 1.82) is 0 Å². The van der Waals surface area contributed by atoms with E-state index < -0.39 is 6.10 Å². The zero-order chi connectivity index (χ0) is 15.7. The molecule has 8 heteroatoms. The topological polar surface area (TPSA) is 95.6 Å². The Morgan fingerprint density at radius 2 is 2.23 bits per heavy atom. The maximum Gasteiger partial charge on any atom is 0.252 e. The second kappa shape index (κ2) is 5.88. The third-order valence-electron chi connectivity index (χ3n) is 3.77. The molecule has 1 atom stereocenters. The second-order valence-corrected chi connectivity index (χ2v) is 5.38. The molecule has 1 saturated heterocycles. The van der Waals surface area contributed by atoms with Gasteiger partial charge in [0.15, 0.2) is 17.2 Å². The van der Waals surface area contributed by atoms with Gasteiger partial charge in [-0.3, -0.25) is 4.79 Å². The first-order valence-corrected chi connectivity index (χ1v) is 7.37. The minimum absolute atomic E-state index is 0.0385. The van der Waals surface area contributed by atoms with Gasteiger partial charge >= 0.3 is 0 Å². The summed E-state index contributed by atoms with van der Waals surface area (Å²) < 4.78 is 5.55. The van der Waals surface area contributed by atoms with Crippen LogP contribution in [0.25, 0.3) is 11.2 Å². The van der Waals surface area contributed by atoms with Crippen molar-refractivity contribution in [1.82, 2.24) is 19.9 Å². The van der Waals surface area contributed by atoms with Gasteiger partial charge in [0.1, 0.15) is 6.33 Å². The molecule has 0 bridgehead atoms. The third kappa shape index (κ3) is 2.74. The molecule has 3 rings (SSSR count). The summed E-state index contributed by atoms with van der Waals surface area (Å²) in [4.78, 5) is 27.9. The number of hydrogen-bond donors (Lipinski definition) is 1. The van der Waals surface area contributed by atoms with Crippen LogP contribution in [0.2, 0.25) is 0 Å². The Labute approximate surface area is 127 Å². The van der Waals surface area contributed by atoms with Gasteiger partial charge in [0.2, 0.25) is 5.91 Å². The normalized spacial score (nSPS) is 19.5. The number of nitrogens with zero attached hydrogens (tertiary/aromatic N) is 5. The van der Waals surface area contributed by atoms with E-state index in [0.717, 1.165) is 0 Å². The van der Waals surface area contributed by atoms with Crippen LogP contribution in [-0.4, -0.2) is 63.1 Å². The van der Waals surface area contributed by atoms with Crippen molar-refractivity contribution < 1.29 is 14.3 Å². The highest BCUT2D eigenvalue weighted by Crippen LogP contribution is 2.24. The van der Waals surface area contributed by atoms with Gasteiger partial charge in [0.25, 0.3) is 5.71 Å². The van der Waals surface area contributed by atoms with E-state index >= 15 is 0 Å². The van der Waals surface area contributed by atoms with Gasteiger partial charge in [-0.15, -0.1) is 0 Å². The molecule has 118 valence electrons. The molecule has 1 fully saturated rings. The van der Waals surface area contributed by atoms with Crippen molar-refractivity contribution in [2.75, 3.05) is 31.1 Å². The summed E-state index contributed by atoms with van der Waals surface area (Å²) in [6, 6.07) is 0. The molecular weight excluding hydrogens is 286 g/mol. The first kappa shape index (κ1) is 14.7. The molecule has 2 aromatic rings.